The molecular formula is C16H20N4O. The molecule has 5 heteroatoms. The van der Waals surface area contributed by atoms with Crippen molar-refractivity contribution >= 4 is 5.91 Å². The molecule has 5 nitrogen and oxygen atoms in total. The van der Waals surface area contributed by atoms with Crippen LogP contribution in [0.15, 0.2) is 12.3 Å². The molecule has 1 amide bonds. The number of aromatic amines is 1. The van der Waals surface area contributed by atoms with Gasteiger partial charge in [-0.1, -0.05) is 13.8 Å². The van der Waals surface area contributed by atoms with Crippen LogP contribution in [0.4, 0.5) is 0 Å². The van der Waals surface area contributed by atoms with Crippen molar-refractivity contribution in [1.29, 1.82) is 0 Å². The Kier molecular flexibility index (Phi) is 3.08. The maximum absolute atomic E-state index is 12.2. The molecule has 0 bridgehead atoms. The first-order valence-corrected chi connectivity index (χ1v) is 7.16. The summed E-state index contributed by atoms with van der Waals surface area (Å²) in [5, 5.41) is 2.94. The lowest BCUT2D eigenvalue weighted by atomic mass is 9.88. The van der Waals surface area contributed by atoms with Crippen molar-refractivity contribution in [2.45, 2.75) is 34.1 Å². The van der Waals surface area contributed by atoms with Crippen LogP contribution in [0, 0.1) is 19.3 Å². The number of carbonyl (C=O) groups excluding carboxylic acids is 1. The van der Waals surface area contributed by atoms with Crippen molar-refractivity contribution in [3.63, 3.8) is 0 Å². The number of aryl methyl sites for hydroxylation is 2. The van der Waals surface area contributed by atoms with Gasteiger partial charge < -0.3 is 10.3 Å². The van der Waals surface area contributed by atoms with Crippen LogP contribution in [0.5, 0.6) is 0 Å². The number of aromatic nitrogens is 3. The molecule has 1 aliphatic rings. The fourth-order valence-electron chi connectivity index (χ4n) is 2.74. The average Bonchev–Trinajstić information content (AvgIpc) is 2.74. The molecule has 0 saturated carbocycles. The Morgan fingerprint density at radius 3 is 2.76 bits per heavy atom. The highest BCUT2D eigenvalue weighted by Crippen LogP contribution is 2.28. The summed E-state index contributed by atoms with van der Waals surface area (Å²) in [6, 6.07) is 2.02. The Labute approximate surface area is 124 Å². The van der Waals surface area contributed by atoms with Gasteiger partial charge in [-0.15, -0.1) is 0 Å². The van der Waals surface area contributed by atoms with Crippen LogP contribution in [0.1, 0.15) is 41.3 Å². The molecule has 0 unspecified atom stereocenters. The summed E-state index contributed by atoms with van der Waals surface area (Å²) >= 11 is 0. The SMILES string of the molecule is Cc1cc(C)c(-c2nc3c([nH]2)CC(C)(C)CNC3=O)cn1. The van der Waals surface area contributed by atoms with Crippen molar-refractivity contribution < 1.29 is 4.79 Å². The highest BCUT2D eigenvalue weighted by Gasteiger charge is 2.30. The van der Waals surface area contributed by atoms with Crippen molar-refractivity contribution in [2.24, 2.45) is 5.41 Å². The maximum atomic E-state index is 12.2. The quantitative estimate of drug-likeness (QED) is 0.844. The smallest absolute Gasteiger partial charge is 0.271 e. The zero-order chi connectivity index (χ0) is 15.2. The minimum atomic E-state index is -0.101. The van der Waals surface area contributed by atoms with Gasteiger partial charge in [0.1, 0.15) is 11.5 Å². The molecule has 110 valence electrons. The fraction of sp³-hybridized carbons (Fsp3) is 0.438. The largest absolute Gasteiger partial charge is 0.350 e. The lowest BCUT2D eigenvalue weighted by Gasteiger charge is -2.21. The highest BCUT2D eigenvalue weighted by atomic mass is 16.1. The topological polar surface area (TPSA) is 70.7 Å². The molecule has 0 aliphatic carbocycles. The van der Waals surface area contributed by atoms with Crippen molar-refractivity contribution in [3.05, 3.63) is 34.9 Å². The van der Waals surface area contributed by atoms with E-state index in [1.807, 2.05) is 26.1 Å². The van der Waals surface area contributed by atoms with Crippen LogP contribution >= 0.6 is 0 Å². The Hall–Kier alpha value is -2.17. The first-order chi connectivity index (χ1) is 9.85. The normalized spacial score (nSPS) is 17.0. The summed E-state index contributed by atoms with van der Waals surface area (Å²) in [4.78, 5) is 24.3. The number of pyridine rings is 1. The second-order valence-corrected chi connectivity index (χ2v) is 6.58. The fourth-order valence-corrected chi connectivity index (χ4v) is 2.74. The molecule has 2 aromatic rings. The Bertz CT molecular complexity index is 715. The number of rotatable bonds is 1. The van der Waals surface area contributed by atoms with Crippen LogP contribution in [-0.2, 0) is 6.42 Å². The molecule has 3 heterocycles. The van der Waals surface area contributed by atoms with E-state index in [1.54, 1.807) is 0 Å². The van der Waals surface area contributed by atoms with Gasteiger partial charge in [-0.05, 0) is 37.3 Å². The molecule has 2 aromatic heterocycles. The van der Waals surface area contributed by atoms with Gasteiger partial charge in [-0.2, -0.15) is 0 Å². The average molecular weight is 284 g/mol. The van der Waals surface area contributed by atoms with E-state index in [-0.39, 0.29) is 11.3 Å². The van der Waals surface area contributed by atoms with E-state index < -0.39 is 0 Å². The van der Waals surface area contributed by atoms with Crippen molar-refractivity contribution in [2.75, 3.05) is 6.54 Å². The predicted octanol–water partition coefficient (Wildman–Crippen LogP) is 2.40. The van der Waals surface area contributed by atoms with Crippen molar-refractivity contribution in [3.8, 4) is 11.4 Å². The van der Waals surface area contributed by atoms with Crippen LogP contribution in [0.3, 0.4) is 0 Å². The van der Waals surface area contributed by atoms with E-state index >= 15 is 0 Å². The summed E-state index contributed by atoms with van der Waals surface area (Å²) in [6.07, 6.45) is 2.61. The Balaban J connectivity index is 2.08. The number of H-pyrrole nitrogens is 1. The third kappa shape index (κ3) is 2.55. The zero-order valence-electron chi connectivity index (χ0n) is 12.9. The van der Waals surface area contributed by atoms with Gasteiger partial charge >= 0.3 is 0 Å². The molecule has 1 aliphatic heterocycles. The molecular weight excluding hydrogens is 264 g/mol. The Morgan fingerprint density at radius 1 is 1.29 bits per heavy atom. The number of hydrogen-bond acceptors (Lipinski definition) is 3. The molecule has 0 radical (unpaired) electrons. The molecule has 0 atom stereocenters. The van der Waals surface area contributed by atoms with E-state index in [9.17, 15) is 4.79 Å². The summed E-state index contributed by atoms with van der Waals surface area (Å²) in [5.41, 5.74) is 4.46. The number of nitrogens with zero attached hydrogens (tertiary/aromatic N) is 2. The van der Waals surface area contributed by atoms with E-state index in [2.05, 4.69) is 34.1 Å². The van der Waals surface area contributed by atoms with E-state index in [4.69, 9.17) is 0 Å². The minimum Gasteiger partial charge on any atom is -0.350 e. The first-order valence-electron chi connectivity index (χ1n) is 7.16. The predicted molar refractivity (Wildman–Crippen MR) is 81.1 cm³/mol. The summed E-state index contributed by atoms with van der Waals surface area (Å²) in [5.74, 6) is 0.619. The molecule has 0 spiro atoms. The van der Waals surface area contributed by atoms with Gasteiger partial charge in [0, 0.05) is 29.7 Å². The molecule has 0 aromatic carbocycles. The highest BCUT2D eigenvalue weighted by molar-refractivity contribution is 5.94. The van der Waals surface area contributed by atoms with Gasteiger partial charge in [-0.3, -0.25) is 9.78 Å². The number of fused-ring (bicyclic) bond motifs is 1. The van der Waals surface area contributed by atoms with Gasteiger partial charge in [0.25, 0.3) is 5.91 Å². The van der Waals surface area contributed by atoms with Gasteiger partial charge in [0.2, 0.25) is 0 Å². The minimum absolute atomic E-state index is 0.0191. The standard InChI is InChI=1S/C16H20N4O/c1-9-5-10(2)17-7-11(9)14-19-12-6-16(3,4)8-18-15(21)13(12)20-14/h5,7H,6,8H2,1-4H3,(H,18,21)(H,19,20). The number of hydrogen-bond donors (Lipinski definition) is 2. The van der Waals surface area contributed by atoms with Gasteiger partial charge in [0.05, 0.1) is 0 Å². The maximum Gasteiger partial charge on any atom is 0.271 e. The second kappa shape index (κ2) is 4.69. The van der Waals surface area contributed by atoms with Gasteiger partial charge in [0.15, 0.2) is 0 Å². The van der Waals surface area contributed by atoms with Crippen LogP contribution in [0.25, 0.3) is 11.4 Å². The van der Waals surface area contributed by atoms with E-state index in [0.29, 0.717) is 12.2 Å². The zero-order valence-corrected chi connectivity index (χ0v) is 12.9. The summed E-state index contributed by atoms with van der Waals surface area (Å²) in [6.45, 7) is 8.94. The third-order valence-corrected chi connectivity index (χ3v) is 3.88. The first kappa shape index (κ1) is 13.8. The van der Waals surface area contributed by atoms with Crippen LogP contribution in [0.2, 0.25) is 0 Å². The van der Waals surface area contributed by atoms with Crippen molar-refractivity contribution in [1.82, 2.24) is 20.3 Å². The number of imidazole rings is 1. The van der Waals surface area contributed by atoms with Crippen LogP contribution < -0.4 is 5.32 Å². The molecule has 0 fully saturated rings. The second-order valence-electron chi connectivity index (χ2n) is 6.58. The van der Waals surface area contributed by atoms with E-state index in [1.165, 1.54) is 0 Å². The molecule has 21 heavy (non-hydrogen) atoms. The van der Waals surface area contributed by atoms with Crippen LogP contribution in [-0.4, -0.2) is 27.4 Å². The monoisotopic (exact) mass is 284 g/mol. The Morgan fingerprint density at radius 2 is 2.05 bits per heavy atom. The number of amides is 1. The van der Waals surface area contributed by atoms with Gasteiger partial charge in [-0.25, -0.2) is 4.98 Å². The summed E-state index contributed by atoms with van der Waals surface area (Å²) in [7, 11) is 0. The molecule has 3 rings (SSSR count). The lowest BCUT2D eigenvalue weighted by Crippen LogP contribution is -2.32. The van der Waals surface area contributed by atoms with E-state index in [0.717, 1.165) is 34.8 Å². The summed E-state index contributed by atoms with van der Waals surface area (Å²) < 4.78 is 0. The molecule has 2 N–H and O–H groups in total. The molecule has 0 saturated heterocycles. The number of nitrogens with one attached hydrogen (secondary N) is 2. The number of carbonyl (C=O) groups is 1. The lowest BCUT2D eigenvalue weighted by molar-refractivity contribution is 0.0940. The third-order valence-electron chi connectivity index (χ3n) is 3.88.